The third-order valence-corrected chi connectivity index (χ3v) is 3.46. The maximum atomic E-state index is 6.02. The first kappa shape index (κ1) is 14.4. The summed E-state index contributed by atoms with van der Waals surface area (Å²) in [4.78, 5) is 0. The number of nitrogens with two attached hydrogens (primary N) is 1. The summed E-state index contributed by atoms with van der Waals surface area (Å²) in [6.07, 6.45) is -0.215. The summed E-state index contributed by atoms with van der Waals surface area (Å²) in [5.74, 6) is 1.63. The van der Waals surface area contributed by atoms with Crippen LogP contribution < -0.4 is 15.2 Å². The van der Waals surface area contributed by atoms with Gasteiger partial charge in [-0.2, -0.15) is 0 Å². The van der Waals surface area contributed by atoms with Crippen molar-refractivity contribution < 1.29 is 9.47 Å². The van der Waals surface area contributed by atoms with E-state index in [-0.39, 0.29) is 6.10 Å². The molecule has 0 aliphatic rings. The molecule has 0 aliphatic carbocycles. The highest BCUT2D eigenvalue weighted by Gasteiger charge is 2.16. The Morgan fingerprint density at radius 2 is 1.80 bits per heavy atom. The number of hydrogen-bond donors (Lipinski definition) is 1. The molecular weight excluding hydrogens is 250 g/mol. The Morgan fingerprint density at radius 3 is 2.45 bits per heavy atom. The molecule has 1 atom stereocenters. The van der Waals surface area contributed by atoms with E-state index in [1.54, 1.807) is 7.11 Å². The number of benzene rings is 2. The minimum absolute atomic E-state index is 0.215. The molecule has 0 spiro atoms. The summed E-state index contributed by atoms with van der Waals surface area (Å²) in [6.45, 7) is 4.55. The van der Waals surface area contributed by atoms with Crippen molar-refractivity contribution in [3.63, 3.8) is 0 Å². The zero-order chi connectivity index (χ0) is 14.5. The van der Waals surface area contributed by atoms with Crippen molar-refractivity contribution in [3.8, 4) is 11.5 Å². The van der Waals surface area contributed by atoms with E-state index >= 15 is 0 Å². The lowest BCUT2D eigenvalue weighted by Gasteiger charge is -2.20. The Balaban J connectivity index is 2.26. The normalized spacial score (nSPS) is 12.0. The number of hydrogen-bond acceptors (Lipinski definition) is 3. The van der Waals surface area contributed by atoms with Crippen molar-refractivity contribution in [2.75, 3.05) is 13.7 Å². The zero-order valence-electron chi connectivity index (χ0n) is 12.2. The van der Waals surface area contributed by atoms with Gasteiger partial charge in [0.05, 0.1) is 7.11 Å². The summed E-state index contributed by atoms with van der Waals surface area (Å²) >= 11 is 0. The van der Waals surface area contributed by atoms with Gasteiger partial charge in [0.15, 0.2) is 0 Å². The molecule has 2 aromatic rings. The van der Waals surface area contributed by atoms with E-state index in [2.05, 4.69) is 19.9 Å². The Hall–Kier alpha value is -2.00. The van der Waals surface area contributed by atoms with Crippen LogP contribution in [0.1, 0.15) is 22.8 Å². The molecule has 0 fully saturated rings. The lowest BCUT2D eigenvalue weighted by Crippen LogP contribution is -2.19. The van der Waals surface area contributed by atoms with E-state index in [9.17, 15) is 0 Å². The van der Waals surface area contributed by atoms with Crippen molar-refractivity contribution in [1.82, 2.24) is 0 Å². The lowest BCUT2D eigenvalue weighted by molar-refractivity contribution is 0.209. The highest BCUT2D eigenvalue weighted by molar-refractivity contribution is 5.38. The van der Waals surface area contributed by atoms with Gasteiger partial charge < -0.3 is 15.2 Å². The van der Waals surface area contributed by atoms with Gasteiger partial charge in [0.1, 0.15) is 17.6 Å². The van der Waals surface area contributed by atoms with Crippen molar-refractivity contribution in [1.29, 1.82) is 0 Å². The molecule has 0 bridgehead atoms. The number of ether oxygens (including phenoxy) is 2. The fourth-order valence-electron chi connectivity index (χ4n) is 2.12. The molecule has 3 nitrogen and oxygen atoms in total. The fraction of sp³-hybridized carbons (Fsp3) is 0.294. The molecule has 3 heteroatoms. The SMILES string of the molecule is COc1ccccc1C(CN)Oc1ccc(C)c(C)c1. The molecule has 20 heavy (non-hydrogen) atoms. The predicted molar refractivity (Wildman–Crippen MR) is 81.3 cm³/mol. The zero-order valence-corrected chi connectivity index (χ0v) is 12.2. The van der Waals surface area contributed by atoms with Gasteiger partial charge in [0, 0.05) is 12.1 Å². The van der Waals surface area contributed by atoms with E-state index in [0.29, 0.717) is 6.54 Å². The lowest BCUT2D eigenvalue weighted by atomic mass is 10.1. The van der Waals surface area contributed by atoms with Gasteiger partial charge in [0.25, 0.3) is 0 Å². The van der Waals surface area contributed by atoms with Gasteiger partial charge in [-0.25, -0.2) is 0 Å². The molecule has 0 saturated heterocycles. The van der Waals surface area contributed by atoms with Crippen LogP contribution in [0.5, 0.6) is 11.5 Å². The molecule has 0 saturated carbocycles. The van der Waals surface area contributed by atoms with E-state index in [1.165, 1.54) is 11.1 Å². The standard InChI is InChI=1S/C17H21NO2/c1-12-8-9-14(10-13(12)2)20-17(11-18)15-6-4-5-7-16(15)19-3/h4-10,17H,11,18H2,1-3H3. The number of methoxy groups -OCH3 is 1. The van der Waals surface area contributed by atoms with Crippen molar-refractivity contribution in [2.24, 2.45) is 5.73 Å². The molecule has 2 rings (SSSR count). The first-order valence-electron chi connectivity index (χ1n) is 6.72. The quantitative estimate of drug-likeness (QED) is 0.906. The molecule has 106 valence electrons. The minimum atomic E-state index is -0.215. The van der Waals surface area contributed by atoms with Gasteiger partial charge in [-0.15, -0.1) is 0 Å². The third kappa shape index (κ3) is 3.11. The smallest absolute Gasteiger partial charge is 0.139 e. The summed E-state index contributed by atoms with van der Waals surface area (Å²) in [5, 5.41) is 0. The molecule has 2 N–H and O–H groups in total. The number of para-hydroxylation sites is 1. The van der Waals surface area contributed by atoms with Gasteiger partial charge in [-0.05, 0) is 43.2 Å². The van der Waals surface area contributed by atoms with E-state index < -0.39 is 0 Å². The summed E-state index contributed by atoms with van der Waals surface area (Å²) in [7, 11) is 1.66. The summed E-state index contributed by atoms with van der Waals surface area (Å²) < 4.78 is 11.4. The molecular formula is C17H21NO2. The fourth-order valence-corrected chi connectivity index (χ4v) is 2.12. The Kier molecular flexibility index (Phi) is 4.64. The molecule has 0 heterocycles. The summed E-state index contributed by atoms with van der Waals surface area (Å²) in [5.41, 5.74) is 9.29. The van der Waals surface area contributed by atoms with Crippen molar-refractivity contribution >= 4 is 0 Å². The first-order chi connectivity index (χ1) is 9.65. The second kappa shape index (κ2) is 6.44. The van der Waals surface area contributed by atoms with E-state index in [4.69, 9.17) is 15.2 Å². The molecule has 0 radical (unpaired) electrons. The molecule has 2 aromatic carbocycles. The van der Waals surface area contributed by atoms with Gasteiger partial charge in [-0.1, -0.05) is 24.3 Å². The van der Waals surface area contributed by atoms with Crippen LogP contribution in [0.3, 0.4) is 0 Å². The largest absolute Gasteiger partial charge is 0.496 e. The van der Waals surface area contributed by atoms with Crippen LogP contribution in [-0.4, -0.2) is 13.7 Å². The molecule has 0 aromatic heterocycles. The average Bonchev–Trinajstić information content (AvgIpc) is 2.48. The summed E-state index contributed by atoms with van der Waals surface area (Å²) in [6, 6.07) is 13.9. The minimum Gasteiger partial charge on any atom is -0.496 e. The maximum absolute atomic E-state index is 6.02. The van der Waals surface area contributed by atoms with E-state index in [1.807, 2.05) is 36.4 Å². The topological polar surface area (TPSA) is 44.5 Å². The van der Waals surface area contributed by atoms with Crippen LogP contribution in [0, 0.1) is 13.8 Å². The number of rotatable bonds is 5. The Labute approximate surface area is 120 Å². The molecule has 0 aliphatic heterocycles. The van der Waals surface area contributed by atoms with Crippen molar-refractivity contribution in [3.05, 3.63) is 59.2 Å². The van der Waals surface area contributed by atoms with Crippen LogP contribution in [0.2, 0.25) is 0 Å². The Morgan fingerprint density at radius 1 is 1.05 bits per heavy atom. The van der Waals surface area contributed by atoms with Crippen molar-refractivity contribution in [2.45, 2.75) is 20.0 Å². The second-order valence-electron chi connectivity index (χ2n) is 4.83. The molecule has 0 amide bonds. The van der Waals surface area contributed by atoms with Gasteiger partial charge >= 0.3 is 0 Å². The first-order valence-corrected chi connectivity index (χ1v) is 6.72. The van der Waals surface area contributed by atoms with E-state index in [0.717, 1.165) is 17.1 Å². The average molecular weight is 271 g/mol. The Bertz CT molecular complexity index is 581. The van der Waals surface area contributed by atoms with Crippen LogP contribution in [-0.2, 0) is 0 Å². The van der Waals surface area contributed by atoms with Crippen LogP contribution in [0.4, 0.5) is 0 Å². The number of aryl methyl sites for hydroxylation is 2. The highest BCUT2D eigenvalue weighted by atomic mass is 16.5. The second-order valence-corrected chi connectivity index (χ2v) is 4.83. The monoisotopic (exact) mass is 271 g/mol. The molecule has 1 unspecified atom stereocenters. The predicted octanol–water partition coefficient (Wildman–Crippen LogP) is 3.39. The third-order valence-electron chi connectivity index (χ3n) is 3.46. The van der Waals surface area contributed by atoms with Gasteiger partial charge in [0.2, 0.25) is 0 Å². The van der Waals surface area contributed by atoms with Crippen LogP contribution >= 0.6 is 0 Å². The van der Waals surface area contributed by atoms with Crippen LogP contribution in [0.15, 0.2) is 42.5 Å². The highest BCUT2D eigenvalue weighted by Crippen LogP contribution is 2.29. The van der Waals surface area contributed by atoms with Gasteiger partial charge in [-0.3, -0.25) is 0 Å². The maximum Gasteiger partial charge on any atom is 0.139 e. The van der Waals surface area contributed by atoms with Crippen LogP contribution in [0.25, 0.3) is 0 Å².